The summed E-state index contributed by atoms with van der Waals surface area (Å²) in [5.41, 5.74) is 3.11. The summed E-state index contributed by atoms with van der Waals surface area (Å²) in [4.78, 5) is 0. The minimum atomic E-state index is 0.688. The van der Waals surface area contributed by atoms with E-state index in [4.69, 9.17) is 0 Å². The van der Waals surface area contributed by atoms with Gasteiger partial charge < -0.3 is 5.32 Å². The van der Waals surface area contributed by atoms with Gasteiger partial charge in [0.15, 0.2) is 0 Å². The molecule has 2 aliphatic carbocycles. The topological polar surface area (TPSA) is 12.0 Å². The van der Waals surface area contributed by atoms with Crippen molar-refractivity contribution in [2.45, 2.75) is 51.1 Å². The van der Waals surface area contributed by atoms with Gasteiger partial charge in [-0.15, -0.1) is 0 Å². The van der Waals surface area contributed by atoms with Crippen LogP contribution in [0.15, 0.2) is 24.3 Å². The van der Waals surface area contributed by atoms with Crippen molar-refractivity contribution < 1.29 is 0 Å². The Kier molecular flexibility index (Phi) is 2.72. The molecule has 1 heteroatoms. The van der Waals surface area contributed by atoms with E-state index in [1.54, 1.807) is 11.1 Å². The number of hydrogen-bond acceptors (Lipinski definition) is 1. The molecule has 0 saturated heterocycles. The first-order valence-corrected chi connectivity index (χ1v) is 6.66. The predicted octanol–water partition coefficient (Wildman–Crippen LogP) is 2.93. The molecule has 1 fully saturated rings. The Labute approximate surface area is 98.3 Å². The van der Waals surface area contributed by atoms with E-state index in [9.17, 15) is 0 Å². The number of nitrogens with one attached hydrogen (secondary N) is 1. The van der Waals surface area contributed by atoms with Crippen LogP contribution in [0.2, 0.25) is 0 Å². The van der Waals surface area contributed by atoms with Gasteiger partial charge in [-0.1, -0.05) is 30.7 Å². The summed E-state index contributed by atoms with van der Waals surface area (Å²) in [5, 5.41) is 3.83. The molecule has 0 radical (unpaired) electrons. The molecule has 2 aliphatic rings. The molecule has 1 N–H and O–H groups in total. The lowest BCUT2D eigenvalue weighted by Gasteiger charge is -2.33. The monoisotopic (exact) mass is 215 g/mol. The molecule has 0 aromatic heterocycles. The molecule has 1 nitrogen and oxygen atoms in total. The second kappa shape index (κ2) is 4.21. The summed E-state index contributed by atoms with van der Waals surface area (Å²) in [6.45, 7) is 2.37. The lowest BCUT2D eigenvalue weighted by atomic mass is 9.80. The predicted molar refractivity (Wildman–Crippen MR) is 67.6 cm³/mol. The van der Waals surface area contributed by atoms with Crippen LogP contribution in [0.3, 0.4) is 0 Å². The Morgan fingerprint density at radius 1 is 1.12 bits per heavy atom. The fourth-order valence-electron chi connectivity index (χ4n) is 3.12. The van der Waals surface area contributed by atoms with Gasteiger partial charge in [-0.05, 0) is 49.7 Å². The van der Waals surface area contributed by atoms with E-state index in [1.807, 2.05) is 0 Å². The van der Waals surface area contributed by atoms with Crippen molar-refractivity contribution in [2.24, 2.45) is 5.92 Å². The molecule has 1 aromatic carbocycles. The molecular formula is C15H21N. The van der Waals surface area contributed by atoms with Gasteiger partial charge in [-0.3, -0.25) is 0 Å². The van der Waals surface area contributed by atoms with Crippen molar-refractivity contribution in [3.05, 3.63) is 35.4 Å². The van der Waals surface area contributed by atoms with Gasteiger partial charge in [0.1, 0.15) is 0 Å². The summed E-state index contributed by atoms with van der Waals surface area (Å²) in [7, 11) is 0. The number of benzene rings is 1. The normalized spacial score (nSPS) is 22.8. The average molecular weight is 215 g/mol. The van der Waals surface area contributed by atoms with Gasteiger partial charge in [0, 0.05) is 12.1 Å². The van der Waals surface area contributed by atoms with Crippen LogP contribution in [0.5, 0.6) is 0 Å². The van der Waals surface area contributed by atoms with Crippen molar-refractivity contribution >= 4 is 0 Å². The van der Waals surface area contributed by atoms with Crippen LogP contribution in [-0.4, -0.2) is 12.1 Å². The smallest absolute Gasteiger partial charge is 0.0151 e. The molecule has 0 heterocycles. The molecule has 86 valence electrons. The van der Waals surface area contributed by atoms with Crippen LogP contribution in [0.25, 0.3) is 0 Å². The molecule has 0 spiro atoms. The molecule has 1 saturated carbocycles. The lowest BCUT2D eigenvalue weighted by Crippen LogP contribution is -2.43. The average Bonchev–Trinajstić information content (AvgIpc) is 2.56. The molecule has 0 aliphatic heterocycles. The maximum atomic E-state index is 3.83. The van der Waals surface area contributed by atoms with E-state index in [0.29, 0.717) is 12.1 Å². The zero-order valence-electron chi connectivity index (χ0n) is 10.1. The SMILES string of the molecule is CC(NC1Cc2ccccc2C1)C1CCC1. The Balaban J connectivity index is 1.59. The van der Waals surface area contributed by atoms with Crippen molar-refractivity contribution in [3.8, 4) is 0 Å². The van der Waals surface area contributed by atoms with Crippen molar-refractivity contribution in [1.82, 2.24) is 5.32 Å². The van der Waals surface area contributed by atoms with Crippen LogP contribution < -0.4 is 5.32 Å². The van der Waals surface area contributed by atoms with E-state index in [2.05, 4.69) is 36.5 Å². The maximum Gasteiger partial charge on any atom is 0.0151 e. The summed E-state index contributed by atoms with van der Waals surface area (Å²) < 4.78 is 0. The van der Waals surface area contributed by atoms with Crippen molar-refractivity contribution in [3.63, 3.8) is 0 Å². The fraction of sp³-hybridized carbons (Fsp3) is 0.600. The van der Waals surface area contributed by atoms with E-state index >= 15 is 0 Å². The van der Waals surface area contributed by atoms with Crippen molar-refractivity contribution in [2.75, 3.05) is 0 Å². The number of fused-ring (bicyclic) bond motifs is 1. The molecule has 16 heavy (non-hydrogen) atoms. The largest absolute Gasteiger partial charge is 0.311 e. The summed E-state index contributed by atoms with van der Waals surface area (Å²) in [6.07, 6.45) is 6.78. The molecule has 0 bridgehead atoms. The maximum absolute atomic E-state index is 3.83. The van der Waals surface area contributed by atoms with Crippen LogP contribution in [0.1, 0.15) is 37.3 Å². The Bertz CT molecular complexity index is 342. The molecule has 0 amide bonds. The van der Waals surface area contributed by atoms with Gasteiger partial charge in [0.2, 0.25) is 0 Å². The summed E-state index contributed by atoms with van der Waals surface area (Å²) in [5.74, 6) is 0.948. The second-order valence-electron chi connectivity index (χ2n) is 5.52. The van der Waals surface area contributed by atoms with E-state index in [0.717, 1.165) is 5.92 Å². The highest BCUT2D eigenvalue weighted by molar-refractivity contribution is 5.33. The van der Waals surface area contributed by atoms with Crippen LogP contribution in [-0.2, 0) is 12.8 Å². The fourth-order valence-corrected chi connectivity index (χ4v) is 3.12. The van der Waals surface area contributed by atoms with Crippen LogP contribution >= 0.6 is 0 Å². The Morgan fingerprint density at radius 2 is 1.75 bits per heavy atom. The molecule has 1 atom stereocenters. The van der Waals surface area contributed by atoms with Crippen molar-refractivity contribution in [1.29, 1.82) is 0 Å². The Hall–Kier alpha value is -0.820. The third-order valence-electron chi connectivity index (χ3n) is 4.41. The third-order valence-corrected chi connectivity index (χ3v) is 4.41. The number of hydrogen-bond donors (Lipinski definition) is 1. The standard InChI is InChI=1S/C15H21N/c1-11(12-7-4-8-12)16-15-9-13-5-2-3-6-14(13)10-15/h2-3,5-6,11-12,15-16H,4,7-10H2,1H3. The Morgan fingerprint density at radius 3 is 2.25 bits per heavy atom. The minimum absolute atomic E-state index is 0.688. The first-order chi connectivity index (χ1) is 7.83. The van der Waals surface area contributed by atoms with Crippen LogP contribution in [0, 0.1) is 5.92 Å². The second-order valence-corrected chi connectivity index (χ2v) is 5.52. The highest BCUT2D eigenvalue weighted by Crippen LogP contribution is 2.30. The molecule has 3 rings (SSSR count). The first kappa shape index (κ1) is 10.3. The van der Waals surface area contributed by atoms with E-state index in [-0.39, 0.29) is 0 Å². The highest BCUT2D eigenvalue weighted by atomic mass is 15.0. The van der Waals surface area contributed by atoms with Crippen LogP contribution in [0.4, 0.5) is 0 Å². The van der Waals surface area contributed by atoms with E-state index < -0.39 is 0 Å². The zero-order valence-corrected chi connectivity index (χ0v) is 10.1. The molecule has 1 unspecified atom stereocenters. The van der Waals surface area contributed by atoms with Gasteiger partial charge in [0.05, 0.1) is 0 Å². The van der Waals surface area contributed by atoms with Gasteiger partial charge >= 0.3 is 0 Å². The lowest BCUT2D eigenvalue weighted by molar-refractivity contribution is 0.227. The van der Waals surface area contributed by atoms with Gasteiger partial charge in [-0.2, -0.15) is 0 Å². The minimum Gasteiger partial charge on any atom is -0.311 e. The first-order valence-electron chi connectivity index (χ1n) is 6.66. The van der Waals surface area contributed by atoms with Gasteiger partial charge in [-0.25, -0.2) is 0 Å². The van der Waals surface area contributed by atoms with E-state index in [1.165, 1.54) is 32.1 Å². The number of rotatable bonds is 3. The highest BCUT2D eigenvalue weighted by Gasteiger charge is 2.28. The van der Waals surface area contributed by atoms with Gasteiger partial charge in [0.25, 0.3) is 0 Å². The zero-order chi connectivity index (χ0) is 11.0. The quantitative estimate of drug-likeness (QED) is 0.817. The summed E-state index contributed by atoms with van der Waals surface area (Å²) in [6, 6.07) is 10.3. The summed E-state index contributed by atoms with van der Waals surface area (Å²) >= 11 is 0. The molecule has 1 aromatic rings. The third kappa shape index (κ3) is 1.89. The molecular weight excluding hydrogens is 194 g/mol.